The number of hydrogen-bond donors (Lipinski definition) is 1. The average Bonchev–Trinajstić information content (AvgIpc) is 3.42. The number of para-hydroxylation sites is 1. The van der Waals surface area contributed by atoms with Gasteiger partial charge in [-0.2, -0.15) is 5.10 Å². The second-order valence-corrected chi connectivity index (χ2v) is 11.6. The van der Waals surface area contributed by atoms with Crippen molar-refractivity contribution in [1.29, 1.82) is 0 Å². The van der Waals surface area contributed by atoms with Gasteiger partial charge < -0.3 is 19.2 Å². The van der Waals surface area contributed by atoms with Gasteiger partial charge in [0.25, 0.3) is 11.8 Å². The summed E-state index contributed by atoms with van der Waals surface area (Å²) in [6.45, 7) is 6.76. The van der Waals surface area contributed by atoms with Gasteiger partial charge in [0.2, 0.25) is 0 Å². The molecule has 3 aliphatic rings. The molecule has 48 heavy (non-hydrogen) atoms. The van der Waals surface area contributed by atoms with Crippen LogP contribution in [0.15, 0.2) is 96.1 Å². The van der Waals surface area contributed by atoms with E-state index in [9.17, 15) is 14.4 Å². The highest BCUT2D eigenvalue weighted by Crippen LogP contribution is 2.30. The van der Waals surface area contributed by atoms with Crippen molar-refractivity contribution in [3.05, 3.63) is 96.4 Å². The van der Waals surface area contributed by atoms with Gasteiger partial charge in [-0.25, -0.2) is 9.78 Å². The van der Waals surface area contributed by atoms with E-state index >= 15 is 0 Å². The van der Waals surface area contributed by atoms with E-state index in [0.717, 1.165) is 63.6 Å². The molecule has 2 aliphatic heterocycles. The van der Waals surface area contributed by atoms with Crippen LogP contribution in [0.4, 0.5) is 17.1 Å². The van der Waals surface area contributed by atoms with Gasteiger partial charge in [-0.1, -0.05) is 18.2 Å². The molecular formula is C37H39N7O4. The lowest BCUT2D eigenvalue weighted by Gasteiger charge is -2.24. The van der Waals surface area contributed by atoms with Crippen LogP contribution in [-0.2, 0) is 19.2 Å². The Morgan fingerprint density at radius 3 is 2.31 bits per heavy atom. The molecule has 3 aromatic carbocycles. The van der Waals surface area contributed by atoms with Gasteiger partial charge in [-0.15, -0.1) is 5.06 Å². The fourth-order valence-corrected chi connectivity index (χ4v) is 5.86. The fourth-order valence-electron chi connectivity index (χ4n) is 5.86. The predicted octanol–water partition coefficient (Wildman–Crippen LogP) is 5.73. The molecule has 0 saturated carbocycles. The first kappa shape index (κ1) is 32.2. The summed E-state index contributed by atoms with van der Waals surface area (Å²) >= 11 is 0. The van der Waals surface area contributed by atoms with Crippen molar-refractivity contribution in [2.24, 2.45) is 5.10 Å². The molecule has 0 atom stereocenters. The van der Waals surface area contributed by atoms with Gasteiger partial charge in [0.15, 0.2) is 0 Å². The predicted molar refractivity (Wildman–Crippen MR) is 187 cm³/mol. The van der Waals surface area contributed by atoms with Crippen molar-refractivity contribution >= 4 is 45.9 Å². The molecule has 6 rings (SSSR count). The largest absolute Gasteiger partial charge is 0.375 e. The number of carbonyl (C=O) groups excluding carboxylic acids is 3. The third kappa shape index (κ3) is 7.00. The highest BCUT2D eigenvalue weighted by molar-refractivity contribution is 6.01. The lowest BCUT2D eigenvalue weighted by atomic mass is 10.1. The quantitative estimate of drug-likeness (QED) is 0.104. The van der Waals surface area contributed by atoms with Crippen LogP contribution >= 0.6 is 0 Å². The number of nitrogens with one attached hydrogen (secondary N) is 1. The van der Waals surface area contributed by atoms with Gasteiger partial charge >= 0.3 is 5.97 Å². The van der Waals surface area contributed by atoms with E-state index in [-0.39, 0.29) is 19.3 Å². The Bertz CT molecular complexity index is 1950. The van der Waals surface area contributed by atoms with E-state index in [1.807, 2.05) is 66.5 Å². The second kappa shape index (κ2) is 14.4. The standard InChI is InChI=1S/C37H39N7O4/c1-4-42(5-2)30-18-20-32-34(25-30)43(29-10-7-6-8-11-29)33-24-27(15-19-31(33)38-32)40-39-26-13-16-28(17-14-26)41(3)23-9-12-37(47)48-44-35(45)21-22-36(44)46/h6-8,10-11,13-20,24-25,39H,4-5,9,12,21-23H2,1-3H3. The third-order valence-electron chi connectivity index (χ3n) is 8.48. The molecule has 0 radical (unpaired) electrons. The van der Waals surface area contributed by atoms with Gasteiger partial charge in [0, 0.05) is 63.0 Å². The fraction of sp³-hybridized carbons (Fsp3) is 0.270. The zero-order valence-corrected chi connectivity index (χ0v) is 27.4. The molecule has 11 heteroatoms. The van der Waals surface area contributed by atoms with E-state index < -0.39 is 17.8 Å². The van der Waals surface area contributed by atoms with Gasteiger partial charge in [-0.05, 0) is 93.1 Å². The maximum Gasteiger partial charge on any atom is 0.333 e. The summed E-state index contributed by atoms with van der Waals surface area (Å²) in [5.74, 6) is -1.54. The Kier molecular flexibility index (Phi) is 9.65. The molecular weight excluding hydrogens is 606 g/mol. The van der Waals surface area contributed by atoms with Crippen molar-refractivity contribution in [1.82, 2.24) is 14.6 Å². The maximum absolute atomic E-state index is 12.1. The summed E-state index contributed by atoms with van der Waals surface area (Å²) in [5, 5.41) is 6.04. The number of carbonyl (C=O) groups is 3. The lowest BCUT2D eigenvalue weighted by molar-refractivity contribution is -0.197. The molecule has 3 aromatic rings. The molecule has 0 unspecified atom stereocenters. The smallest absolute Gasteiger partial charge is 0.333 e. The van der Waals surface area contributed by atoms with Gasteiger partial charge in [-0.3, -0.25) is 15.0 Å². The second-order valence-electron chi connectivity index (χ2n) is 11.6. The molecule has 2 heterocycles. The molecule has 0 aromatic heterocycles. The van der Waals surface area contributed by atoms with Crippen LogP contribution in [-0.4, -0.2) is 59.1 Å². The summed E-state index contributed by atoms with van der Waals surface area (Å²) in [5.41, 5.74) is 10.9. The summed E-state index contributed by atoms with van der Waals surface area (Å²) in [4.78, 5) is 49.7. The normalized spacial score (nSPS) is 13.4. The van der Waals surface area contributed by atoms with Crippen LogP contribution in [0.3, 0.4) is 0 Å². The SMILES string of the molecule is CCN(CC)c1ccc2nc3ccc(=NNc4ccc(N(C)CCCC(=O)ON5C(=O)CCC5=O)cc4)cc-3n(-c3ccccc3)c2c1. The number of imide groups is 1. The Hall–Kier alpha value is -5.71. The van der Waals surface area contributed by atoms with Gasteiger partial charge in [0.1, 0.15) is 0 Å². The molecule has 11 nitrogen and oxygen atoms in total. The number of nitrogens with zero attached hydrogens (tertiary/aromatic N) is 6. The third-order valence-corrected chi connectivity index (χ3v) is 8.48. The Morgan fingerprint density at radius 1 is 0.896 bits per heavy atom. The minimum absolute atomic E-state index is 0.0799. The van der Waals surface area contributed by atoms with E-state index in [1.54, 1.807) is 0 Å². The summed E-state index contributed by atoms with van der Waals surface area (Å²) < 4.78 is 2.25. The minimum Gasteiger partial charge on any atom is -0.375 e. The monoisotopic (exact) mass is 645 g/mol. The first-order valence-electron chi connectivity index (χ1n) is 16.3. The van der Waals surface area contributed by atoms with Crippen molar-refractivity contribution in [3.63, 3.8) is 0 Å². The number of amides is 2. The molecule has 1 saturated heterocycles. The number of anilines is 3. The van der Waals surface area contributed by atoms with E-state index in [1.165, 1.54) is 0 Å². The molecule has 1 fully saturated rings. The van der Waals surface area contributed by atoms with Crippen LogP contribution in [0.5, 0.6) is 0 Å². The van der Waals surface area contributed by atoms with Crippen LogP contribution in [0.25, 0.3) is 28.1 Å². The molecule has 1 N–H and O–H groups in total. The van der Waals surface area contributed by atoms with Crippen LogP contribution in [0.1, 0.15) is 39.5 Å². The number of benzene rings is 4. The summed E-state index contributed by atoms with van der Waals surface area (Å²) in [7, 11) is 1.94. The number of hydroxylamine groups is 2. The number of hydrogen-bond acceptors (Lipinski definition) is 9. The molecule has 0 bridgehead atoms. The lowest BCUT2D eigenvalue weighted by Crippen LogP contribution is -2.32. The molecule has 0 spiro atoms. The topological polar surface area (TPSA) is 112 Å². The summed E-state index contributed by atoms with van der Waals surface area (Å²) in [6, 6.07) is 30.6. The van der Waals surface area contributed by atoms with Gasteiger partial charge in [0.05, 0.1) is 33.5 Å². The Morgan fingerprint density at radius 2 is 1.60 bits per heavy atom. The highest BCUT2D eigenvalue weighted by Gasteiger charge is 2.32. The highest BCUT2D eigenvalue weighted by atomic mass is 16.7. The average molecular weight is 646 g/mol. The minimum atomic E-state index is -0.593. The summed E-state index contributed by atoms with van der Waals surface area (Å²) in [6.07, 6.45) is 0.762. The maximum atomic E-state index is 12.1. The molecule has 246 valence electrons. The van der Waals surface area contributed by atoms with E-state index in [4.69, 9.17) is 14.9 Å². The van der Waals surface area contributed by atoms with Crippen molar-refractivity contribution in [2.75, 3.05) is 41.9 Å². The van der Waals surface area contributed by atoms with Crippen molar-refractivity contribution < 1.29 is 19.2 Å². The number of rotatable bonds is 12. The van der Waals surface area contributed by atoms with Crippen LogP contribution in [0, 0.1) is 0 Å². The number of fused-ring (bicyclic) bond motifs is 2. The zero-order valence-electron chi connectivity index (χ0n) is 27.4. The van der Waals surface area contributed by atoms with E-state index in [0.29, 0.717) is 18.0 Å². The van der Waals surface area contributed by atoms with E-state index in [2.05, 4.69) is 65.1 Å². The Labute approximate surface area is 279 Å². The Balaban J connectivity index is 1.18. The first-order chi connectivity index (χ1) is 23.3. The van der Waals surface area contributed by atoms with Crippen molar-refractivity contribution in [2.45, 2.75) is 39.5 Å². The van der Waals surface area contributed by atoms with Crippen LogP contribution < -0.4 is 20.6 Å². The van der Waals surface area contributed by atoms with Crippen LogP contribution in [0.2, 0.25) is 0 Å². The van der Waals surface area contributed by atoms with Crippen molar-refractivity contribution in [3.8, 4) is 17.1 Å². The molecule has 1 aliphatic carbocycles. The first-order valence-corrected chi connectivity index (χ1v) is 16.3. The number of aromatic nitrogens is 2. The molecule has 2 amide bonds. The zero-order chi connectivity index (χ0) is 33.6.